The first-order chi connectivity index (χ1) is 13.2. The fraction of sp³-hybridized carbons (Fsp3) is 0.565. The number of aromatic hydroxyl groups is 1. The predicted molar refractivity (Wildman–Crippen MR) is 110 cm³/mol. The molecule has 2 aromatic rings. The monoisotopic (exact) mass is 372 g/mol. The quantitative estimate of drug-likeness (QED) is 0.400. The van der Waals surface area contributed by atoms with E-state index in [1.165, 1.54) is 50.9 Å². The summed E-state index contributed by atoms with van der Waals surface area (Å²) in [7, 11) is 0. The van der Waals surface area contributed by atoms with Gasteiger partial charge in [-0.15, -0.1) is 0 Å². The highest BCUT2D eigenvalue weighted by Gasteiger charge is 2.07. The number of benzene rings is 1. The van der Waals surface area contributed by atoms with Crippen molar-refractivity contribution in [3.05, 3.63) is 42.2 Å². The molecule has 1 atom stereocenters. The van der Waals surface area contributed by atoms with Crippen molar-refractivity contribution in [3.63, 3.8) is 0 Å². The summed E-state index contributed by atoms with van der Waals surface area (Å²) in [5.41, 5.74) is 2.03. The molecule has 2 rings (SSSR count). The number of aryl methyl sites for hydroxylation is 1. The van der Waals surface area contributed by atoms with Crippen LogP contribution in [-0.4, -0.2) is 21.2 Å². The van der Waals surface area contributed by atoms with Crippen LogP contribution in [0.25, 0.3) is 11.4 Å². The Hall–Kier alpha value is -1.97. The fourth-order valence-corrected chi connectivity index (χ4v) is 3.26. The average Bonchev–Trinajstić information content (AvgIpc) is 2.69. The van der Waals surface area contributed by atoms with Crippen LogP contribution < -0.4 is 0 Å². The molecule has 0 spiro atoms. The van der Waals surface area contributed by atoms with Gasteiger partial charge in [-0.25, -0.2) is 14.4 Å². The molecule has 0 aliphatic carbocycles. The largest absolute Gasteiger partial charge is 0.505 e. The van der Waals surface area contributed by atoms with E-state index in [9.17, 15) is 9.50 Å². The molecule has 0 aliphatic rings. The third-order valence-corrected chi connectivity index (χ3v) is 4.97. The number of alkyl halides is 1. The minimum Gasteiger partial charge on any atom is -0.505 e. The van der Waals surface area contributed by atoms with Gasteiger partial charge in [0.2, 0.25) is 0 Å². The maximum Gasteiger partial charge on any atom is 0.159 e. The van der Waals surface area contributed by atoms with Crippen LogP contribution in [-0.2, 0) is 6.42 Å². The van der Waals surface area contributed by atoms with E-state index in [-0.39, 0.29) is 5.75 Å². The van der Waals surface area contributed by atoms with Crippen LogP contribution in [0.3, 0.4) is 0 Å². The van der Waals surface area contributed by atoms with E-state index in [0.717, 1.165) is 30.4 Å². The van der Waals surface area contributed by atoms with Gasteiger partial charge in [0.05, 0.1) is 12.4 Å². The van der Waals surface area contributed by atoms with Gasteiger partial charge in [0.1, 0.15) is 6.17 Å². The first-order valence-electron chi connectivity index (χ1n) is 10.4. The van der Waals surface area contributed by atoms with Crippen molar-refractivity contribution in [1.29, 1.82) is 0 Å². The molecule has 148 valence electrons. The van der Waals surface area contributed by atoms with E-state index < -0.39 is 6.17 Å². The lowest BCUT2D eigenvalue weighted by atomic mass is 10.0. The Kier molecular flexibility index (Phi) is 9.81. The second kappa shape index (κ2) is 12.4. The molecule has 1 N–H and O–H groups in total. The minimum atomic E-state index is -0.704. The van der Waals surface area contributed by atoms with E-state index in [4.69, 9.17) is 0 Å². The maximum absolute atomic E-state index is 14.1. The number of rotatable bonds is 13. The molecule has 0 saturated carbocycles. The van der Waals surface area contributed by atoms with Crippen LogP contribution in [0.15, 0.2) is 36.7 Å². The SMILES string of the molecule is CCCCCCCCCC[C@@H](F)CCc1ccc(-c2ncc(O)cn2)cc1. The molecule has 4 heteroatoms. The number of hydrogen-bond donors (Lipinski definition) is 1. The lowest BCUT2D eigenvalue weighted by molar-refractivity contribution is 0.287. The van der Waals surface area contributed by atoms with Gasteiger partial charge in [0.15, 0.2) is 11.6 Å². The summed E-state index contributed by atoms with van der Waals surface area (Å²) >= 11 is 0. The van der Waals surface area contributed by atoms with E-state index in [1.807, 2.05) is 24.3 Å². The number of hydrogen-bond acceptors (Lipinski definition) is 3. The van der Waals surface area contributed by atoms with Gasteiger partial charge in [-0.1, -0.05) is 82.6 Å². The van der Waals surface area contributed by atoms with Crippen molar-refractivity contribution >= 4 is 0 Å². The van der Waals surface area contributed by atoms with Crippen molar-refractivity contribution in [3.8, 4) is 17.1 Å². The first-order valence-corrected chi connectivity index (χ1v) is 10.4. The molecule has 1 heterocycles. The Morgan fingerprint density at radius 1 is 0.852 bits per heavy atom. The van der Waals surface area contributed by atoms with E-state index >= 15 is 0 Å². The van der Waals surface area contributed by atoms with Gasteiger partial charge in [0, 0.05) is 5.56 Å². The molecule has 0 unspecified atom stereocenters. The topological polar surface area (TPSA) is 46.0 Å². The second-order valence-corrected chi connectivity index (χ2v) is 7.36. The van der Waals surface area contributed by atoms with Crippen LogP contribution in [0, 0.1) is 0 Å². The van der Waals surface area contributed by atoms with Crippen molar-refractivity contribution in [2.75, 3.05) is 0 Å². The first kappa shape index (κ1) is 21.3. The highest BCUT2D eigenvalue weighted by molar-refractivity contribution is 5.55. The molecule has 1 aromatic carbocycles. The summed E-state index contributed by atoms with van der Waals surface area (Å²) in [5, 5.41) is 9.24. The molecule has 0 bridgehead atoms. The van der Waals surface area contributed by atoms with Crippen LogP contribution in [0.5, 0.6) is 5.75 Å². The Bertz CT molecular complexity index is 628. The molecular weight excluding hydrogens is 339 g/mol. The van der Waals surface area contributed by atoms with Crippen molar-refractivity contribution in [2.45, 2.75) is 83.7 Å². The number of unbranched alkanes of at least 4 members (excludes halogenated alkanes) is 7. The molecule has 0 radical (unpaired) electrons. The fourth-order valence-electron chi connectivity index (χ4n) is 3.26. The molecule has 0 saturated heterocycles. The third kappa shape index (κ3) is 8.51. The average molecular weight is 373 g/mol. The summed E-state index contributed by atoms with van der Waals surface area (Å²) in [4.78, 5) is 8.20. The lowest BCUT2D eigenvalue weighted by Gasteiger charge is -2.09. The Morgan fingerprint density at radius 3 is 2.07 bits per heavy atom. The second-order valence-electron chi connectivity index (χ2n) is 7.36. The van der Waals surface area contributed by atoms with Crippen molar-refractivity contribution in [2.24, 2.45) is 0 Å². The third-order valence-electron chi connectivity index (χ3n) is 4.97. The summed E-state index contributed by atoms with van der Waals surface area (Å²) in [6.07, 6.45) is 14.1. The Balaban J connectivity index is 1.61. The van der Waals surface area contributed by atoms with Gasteiger partial charge in [0.25, 0.3) is 0 Å². The summed E-state index contributed by atoms with van der Waals surface area (Å²) in [6.45, 7) is 2.24. The zero-order chi connectivity index (χ0) is 19.3. The van der Waals surface area contributed by atoms with Crippen LogP contribution >= 0.6 is 0 Å². The van der Waals surface area contributed by atoms with Gasteiger partial charge >= 0.3 is 0 Å². The normalized spacial score (nSPS) is 12.2. The number of halogens is 1. The molecule has 1 aromatic heterocycles. The van der Waals surface area contributed by atoms with Crippen LogP contribution in [0.2, 0.25) is 0 Å². The molecule has 3 nitrogen and oxygen atoms in total. The molecule has 27 heavy (non-hydrogen) atoms. The predicted octanol–water partition coefficient (Wildman–Crippen LogP) is 6.65. The van der Waals surface area contributed by atoms with Crippen LogP contribution in [0.1, 0.15) is 76.7 Å². The number of aromatic nitrogens is 2. The molecular formula is C23H33FN2O. The van der Waals surface area contributed by atoms with Gasteiger partial charge in [-0.3, -0.25) is 0 Å². The van der Waals surface area contributed by atoms with Gasteiger partial charge < -0.3 is 5.11 Å². The molecule has 0 amide bonds. The summed E-state index contributed by atoms with van der Waals surface area (Å²) in [6, 6.07) is 7.92. The standard InChI is InChI=1S/C23H33FN2O/c1-2-3-4-5-6-7-8-9-10-21(24)16-13-19-11-14-20(15-12-19)23-25-17-22(27)18-26-23/h11-12,14-15,17-18,21,27H,2-10,13,16H2,1H3/t21-/m1/s1. The smallest absolute Gasteiger partial charge is 0.159 e. The van der Waals surface area contributed by atoms with Gasteiger partial charge in [-0.2, -0.15) is 0 Å². The van der Waals surface area contributed by atoms with E-state index in [2.05, 4.69) is 16.9 Å². The summed E-state index contributed by atoms with van der Waals surface area (Å²) in [5.74, 6) is 0.637. The van der Waals surface area contributed by atoms with Gasteiger partial charge in [-0.05, 0) is 24.8 Å². The zero-order valence-electron chi connectivity index (χ0n) is 16.5. The highest BCUT2D eigenvalue weighted by atomic mass is 19.1. The summed E-state index contributed by atoms with van der Waals surface area (Å²) < 4.78 is 14.1. The van der Waals surface area contributed by atoms with Crippen LogP contribution in [0.4, 0.5) is 4.39 Å². The lowest BCUT2D eigenvalue weighted by Crippen LogP contribution is -2.02. The molecule has 0 aliphatic heterocycles. The van der Waals surface area contributed by atoms with E-state index in [0.29, 0.717) is 18.7 Å². The maximum atomic E-state index is 14.1. The van der Waals surface area contributed by atoms with E-state index in [1.54, 1.807) is 0 Å². The molecule has 0 fully saturated rings. The highest BCUT2D eigenvalue weighted by Crippen LogP contribution is 2.19. The number of nitrogens with zero attached hydrogens (tertiary/aromatic N) is 2. The Morgan fingerprint density at radius 2 is 1.44 bits per heavy atom. The minimum absolute atomic E-state index is 0.0563. The van der Waals surface area contributed by atoms with Crippen molar-refractivity contribution in [1.82, 2.24) is 9.97 Å². The van der Waals surface area contributed by atoms with Crippen molar-refractivity contribution < 1.29 is 9.50 Å². The zero-order valence-corrected chi connectivity index (χ0v) is 16.5. The Labute approximate surface area is 163 Å².